The second kappa shape index (κ2) is 6.64. The molecule has 1 aromatic carbocycles. The second-order valence-electron chi connectivity index (χ2n) is 5.10. The summed E-state index contributed by atoms with van der Waals surface area (Å²) in [6, 6.07) is 12.0. The molecule has 0 bridgehead atoms. The van der Waals surface area contributed by atoms with Gasteiger partial charge in [-0.3, -0.25) is 9.59 Å². The fraction of sp³-hybridized carbons (Fsp3) is 0.0588. The fourth-order valence-corrected chi connectivity index (χ4v) is 2.28. The van der Waals surface area contributed by atoms with E-state index in [1.807, 2.05) is 0 Å². The van der Waals surface area contributed by atoms with Crippen molar-refractivity contribution in [2.75, 3.05) is 0 Å². The zero-order valence-electron chi connectivity index (χ0n) is 12.7. The summed E-state index contributed by atoms with van der Waals surface area (Å²) in [5.74, 6) is -0.588. The molecule has 6 nitrogen and oxygen atoms in total. The molecule has 0 unspecified atom stereocenters. The van der Waals surface area contributed by atoms with Gasteiger partial charge < -0.3 is 4.98 Å². The van der Waals surface area contributed by atoms with E-state index >= 15 is 0 Å². The van der Waals surface area contributed by atoms with Gasteiger partial charge in [-0.1, -0.05) is 23.7 Å². The predicted molar refractivity (Wildman–Crippen MR) is 93.5 cm³/mol. The van der Waals surface area contributed by atoms with Crippen LogP contribution in [0.2, 0.25) is 5.02 Å². The molecule has 2 N–H and O–H groups in total. The number of hydrogen-bond donors (Lipinski definition) is 2. The molecule has 0 aliphatic carbocycles. The molecule has 0 aliphatic heterocycles. The number of aromatic nitrogens is 2. The summed E-state index contributed by atoms with van der Waals surface area (Å²) in [6.45, 7) is 1.75. The number of aromatic amines is 1. The number of H-pyrrole nitrogens is 1. The molecule has 0 fully saturated rings. The highest BCUT2D eigenvalue weighted by atomic mass is 35.5. The predicted octanol–water partition coefficient (Wildman–Crippen LogP) is 2.73. The minimum Gasteiger partial charge on any atom is -0.306 e. The molecule has 0 spiro atoms. The smallest absolute Gasteiger partial charge is 0.276 e. The Morgan fingerprint density at radius 2 is 2.00 bits per heavy atom. The Morgan fingerprint density at radius 3 is 2.75 bits per heavy atom. The number of nitrogens with one attached hydrogen (secondary N) is 2. The van der Waals surface area contributed by atoms with Crippen LogP contribution in [0.15, 0.2) is 58.6 Å². The van der Waals surface area contributed by atoms with Crippen molar-refractivity contribution in [3.05, 3.63) is 75.2 Å². The fourth-order valence-electron chi connectivity index (χ4n) is 2.15. The standard InChI is InChI=1S/C17H13ClN4O2/c1-10(11-4-6-13(18)7-5-11)21-22-17(24)14-9-12-3-2-8-19-15(12)20-16(14)23/h2-9H,1H3,(H,22,24)(H,19,20,23)/b21-10+. The number of pyridine rings is 2. The third-order valence-electron chi connectivity index (χ3n) is 3.45. The van der Waals surface area contributed by atoms with Gasteiger partial charge in [0, 0.05) is 16.6 Å². The lowest BCUT2D eigenvalue weighted by Gasteiger charge is -2.04. The highest BCUT2D eigenvalue weighted by molar-refractivity contribution is 6.30. The number of benzene rings is 1. The monoisotopic (exact) mass is 340 g/mol. The summed E-state index contributed by atoms with van der Waals surface area (Å²) in [5.41, 5.74) is 3.70. The van der Waals surface area contributed by atoms with E-state index in [4.69, 9.17) is 11.6 Å². The third-order valence-corrected chi connectivity index (χ3v) is 3.70. The molecule has 0 saturated carbocycles. The first-order valence-electron chi connectivity index (χ1n) is 7.13. The van der Waals surface area contributed by atoms with Crippen molar-refractivity contribution in [2.45, 2.75) is 6.92 Å². The molecule has 3 rings (SSSR count). The van der Waals surface area contributed by atoms with Crippen LogP contribution in [-0.4, -0.2) is 21.6 Å². The van der Waals surface area contributed by atoms with Gasteiger partial charge in [-0.2, -0.15) is 5.10 Å². The van der Waals surface area contributed by atoms with Gasteiger partial charge in [0.15, 0.2) is 0 Å². The number of hydrogen-bond acceptors (Lipinski definition) is 4. The van der Waals surface area contributed by atoms with E-state index in [1.54, 1.807) is 49.5 Å². The number of hydrazone groups is 1. The first-order valence-corrected chi connectivity index (χ1v) is 7.51. The Morgan fingerprint density at radius 1 is 1.25 bits per heavy atom. The molecule has 120 valence electrons. The van der Waals surface area contributed by atoms with E-state index in [0.29, 0.717) is 21.8 Å². The van der Waals surface area contributed by atoms with Crippen molar-refractivity contribution in [1.82, 2.24) is 15.4 Å². The molecule has 1 amide bonds. The van der Waals surface area contributed by atoms with Crippen LogP contribution in [0, 0.1) is 0 Å². The van der Waals surface area contributed by atoms with Crippen molar-refractivity contribution in [2.24, 2.45) is 5.10 Å². The van der Waals surface area contributed by atoms with Crippen molar-refractivity contribution in [1.29, 1.82) is 0 Å². The SMILES string of the molecule is C/C(=N\NC(=O)c1cc2cccnc2[nH]c1=O)c1ccc(Cl)cc1. The highest BCUT2D eigenvalue weighted by Gasteiger charge is 2.11. The number of carbonyl (C=O) groups excluding carboxylic acids is 1. The third kappa shape index (κ3) is 3.33. The number of fused-ring (bicyclic) bond motifs is 1. The summed E-state index contributed by atoms with van der Waals surface area (Å²) >= 11 is 5.84. The van der Waals surface area contributed by atoms with Crippen LogP contribution in [0.25, 0.3) is 11.0 Å². The van der Waals surface area contributed by atoms with Crippen LogP contribution in [0.1, 0.15) is 22.8 Å². The van der Waals surface area contributed by atoms with Gasteiger partial charge in [-0.15, -0.1) is 0 Å². The molecule has 3 aromatic rings. The summed E-state index contributed by atoms with van der Waals surface area (Å²) in [6.07, 6.45) is 1.57. The topological polar surface area (TPSA) is 87.2 Å². The van der Waals surface area contributed by atoms with Gasteiger partial charge in [0.25, 0.3) is 11.5 Å². The van der Waals surface area contributed by atoms with E-state index in [1.165, 1.54) is 6.07 Å². The Hall–Kier alpha value is -2.99. The van der Waals surface area contributed by atoms with E-state index in [2.05, 4.69) is 20.5 Å². The van der Waals surface area contributed by atoms with E-state index < -0.39 is 11.5 Å². The van der Waals surface area contributed by atoms with Gasteiger partial charge in [0.05, 0.1) is 5.71 Å². The maximum Gasteiger partial charge on any atom is 0.276 e. The second-order valence-corrected chi connectivity index (χ2v) is 5.53. The zero-order valence-corrected chi connectivity index (χ0v) is 13.5. The Balaban J connectivity index is 1.84. The Labute approximate surface area is 142 Å². The van der Waals surface area contributed by atoms with Crippen LogP contribution in [-0.2, 0) is 0 Å². The lowest BCUT2D eigenvalue weighted by molar-refractivity contribution is 0.0953. The van der Waals surface area contributed by atoms with Crippen LogP contribution in [0.4, 0.5) is 0 Å². The van der Waals surface area contributed by atoms with E-state index in [-0.39, 0.29) is 5.56 Å². The van der Waals surface area contributed by atoms with Gasteiger partial charge in [-0.05, 0) is 42.8 Å². The Kier molecular flexibility index (Phi) is 4.39. The maximum absolute atomic E-state index is 12.2. The lowest BCUT2D eigenvalue weighted by Crippen LogP contribution is -2.27. The van der Waals surface area contributed by atoms with E-state index in [9.17, 15) is 9.59 Å². The average Bonchev–Trinajstić information content (AvgIpc) is 2.59. The molecule has 7 heteroatoms. The van der Waals surface area contributed by atoms with Gasteiger partial charge >= 0.3 is 0 Å². The maximum atomic E-state index is 12.2. The summed E-state index contributed by atoms with van der Waals surface area (Å²) < 4.78 is 0. The van der Waals surface area contributed by atoms with Gasteiger partial charge in [0.2, 0.25) is 0 Å². The summed E-state index contributed by atoms with van der Waals surface area (Å²) in [7, 11) is 0. The lowest BCUT2D eigenvalue weighted by atomic mass is 10.1. The Bertz CT molecular complexity index is 993. The molecule has 2 aromatic heterocycles. The highest BCUT2D eigenvalue weighted by Crippen LogP contribution is 2.10. The van der Waals surface area contributed by atoms with Crippen molar-refractivity contribution in [3.63, 3.8) is 0 Å². The number of rotatable bonds is 3. The van der Waals surface area contributed by atoms with Crippen LogP contribution < -0.4 is 11.0 Å². The van der Waals surface area contributed by atoms with Crippen molar-refractivity contribution in [3.8, 4) is 0 Å². The molecule has 0 radical (unpaired) electrons. The molecule has 0 atom stereocenters. The quantitative estimate of drug-likeness (QED) is 0.567. The minimum atomic E-state index is -0.588. The number of amides is 1. The number of carbonyl (C=O) groups is 1. The van der Waals surface area contributed by atoms with Gasteiger partial charge in [-0.25, -0.2) is 10.4 Å². The molecule has 2 heterocycles. The molecule has 0 aliphatic rings. The average molecular weight is 341 g/mol. The van der Waals surface area contributed by atoms with Crippen molar-refractivity contribution < 1.29 is 4.79 Å². The first-order chi connectivity index (χ1) is 11.5. The minimum absolute atomic E-state index is 0.0249. The van der Waals surface area contributed by atoms with Crippen molar-refractivity contribution >= 4 is 34.3 Å². The molecule has 24 heavy (non-hydrogen) atoms. The summed E-state index contributed by atoms with van der Waals surface area (Å²) in [5, 5.41) is 5.31. The van der Waals surface area contributed by atoms with Crippen LogP contribution >= 0.6 is 11.6 Å². The van der Waals surface area contributed by atoms with Crippen LogP contribution in [0.5, 0.6) is 0 Å². The van der Waals surface area contributed by atoms with Crippen LogP contribution in [0.3, 0.4) is 0 Å². The molecular formula is C17H13ClN4O2. The molecular weight excluding hydrogens is 328 g/mol. The summed E-state index contributed by atoms with van der Waals surface area (Å²) in [4.78, 5) is 30.8. The first kappa shape index (κ1) is 15.9. The van der Waals surface area contributed by atoms with Gasteiger partial charge in [0.1, 0.15) is 11.2 Å². The zero-order chi connectivity index (χ0) is 17.1. The largest absolute Gasteiger partial charge is 0.306 e. The number of halogens is 1. The molecule has 0 saturated heterocycles. The van der Waals surface area contributed by atoms with E-state index in [0.717, 1.165) is 5.56 Å². The number of nitrogens with zero attached hydrogens (tertiary/aromatic N) is 2. The normalized spacial score (nSPS) is 11.5.